The van der Waals surface area contributed by atoms with Gasteiger partial charge in [0.25, 0.3) is 5.56 Å². The van der Waals surface area contributed by atoms with Gasteiger partial charge in [-0.1, -0.05) is 56.3 Å². The van der Waals surface area contributed by atoms with Gasteiger partial charge in [0, 0.05) is 5.56 Å². The van der Waals surface area contributed by atoms with Crippen molar-refractivity contribution in [2.75, 3.05) is 5.73 Å². The number of hydrogen-bond donors (Lipinski definition) is 2. The normalized spacial score (nSPS) is 11.2. The fraction of sp³-hybridized carbons (Fsp3) is 0.176. The molecule has 0 aliphatic carbocycles. The van der Waals surface area contributed by atoms with E-state index in [2.05, 4.69) is 9.97 Å². The Hall–Kier alpha value is -2.62. The second kappa shape index (κ2) is 5.05. The third-order valence-electron chi connectivity index (χ3n) is 3.61. The fourth-order valence-electron chi connectivity index (χ4n) is 2.62. The highest BCUT2D eigenvalue weighted by atomic mass is 16.1. The zero-order chi connectivity index (χ0) is 15.0. The predicted octanol–water partition coefficient (Wildman–Crippen LogP) is 3.30. The minimum Gasteiger partial charge on any atom is -0.383 e. The van der Waals surface area contributed by atoms with Crippen LogP contribution in [0.25, 0.3) is 22.2 Å². The van der Waals surface area contributed by atoms with E-state index in [4.69, 9.17) is 5.73 Å². The Bertz CT molecular complexity index is 860. The molecule has 1 aromatic heterocycles. The molecule has 0 spiro atoms. The first-order chi connectivity index (χ1) is 10.1. The topological polar surface area (TPSA) is 71.8 Å². The zero-order valence-electron chi connectivity index (χ0n) is 12.1. The van der Waals surface area contributed by atoms with Crippen LogP contribution in [0.1, 0.15) is 25.3 Å². The standard InChI is InChI=1S/C17H17N3O/c1-10(2)14-15(18)19-16(20-17(14)21)13-9-5-7-11-6-3-4-8-12(11)13/h3-10H,1-2H3,(H3,18,19,20,21). The lowest BCUT2D eigenvalue weighted by Crippen LogP contribution is -2.19. The summed E-state index contributed by atoms with van der Waals surface area (Å²) in [5, 5.41) is 2.14. The van der Waals surface area contributed by atoms with Crippen LogP contribution in [0.2, 0.25) is 0 Å². The molecule has 0 fully saturated rings. The van der Waals surface area contributed by atoms with Crippen molar-refractivity contribution >= 4 is 16.6 Å². The van der Waals surface area contributed by atoms with Gasteiger partial charge in [0.15, 0.2) is 0 Å². The van der Waals surface area contributed by atoms with Crippen molar-refractivity contribution in [2.24, 2.45) is 0 Å². The summed E-state index contributed by atoms with van der Waals surface area (Å²) in [6, 6.07) is 13.9. The maximum atomic E-state index is 12.2. The molecule has 0 atom stereocenters. The predicted molar refractivity (Wildman–Crippen MR) is 86.3 cm³/mol. The molecular formula is C17H17N3O. The van der Waals surface area contributed by atoms with E-state index in [1.54, 1.807) is 0 Å². The monoisotopic (exact) mass is 279 g/mol. The third-order valence-corrected chi connectivity index (χ3v) is 3.61. The largest absolute Gasteiger partial charge is 0.383 e. The summed E-state index contributed by atoms with van der Waals surface area (Å²) in [5.74, 6) is 0.859. The molecule has 1 heterocycles. The molecule has 2 aromatic carbocycles. The van der Waals surface area contributed by atoms with Crippen molar-refractivity contribution in [2.45, 2.75) is 19.8 Å². The van der Waals surface area contributed by atoms with Crippen LogP contribution in [-0.2, 0) is 0 Å². The summed E-state index contributed by atoms with van der Waals surface area (Å²) in [7, 11) is 0. The highest BCUT2D eigenvalue weighted by Crippen LogP contribution is 2.27. The number of nitrogens with zero attached hydrogens (tertiary/aromatic N) is 1. The highest BCUT2D eigenvalue weighted by molar-refractivity contribution is 5.95. The lowest BCUT2D eigenvalue weighted by atomic mass is 10.0. The lowest BCUT2D eigenvalue weighted by molar-refractivity contribution is 0.837. The fourth-order valence-corrected chi connectivity index (χ4v) is 2.62. The third kappa shape index (κ3) is 2.29. The Labute approximate surface area is 122 Å². The van der Waals surface area contributed by atoms with Gasteiger partial charge in [-0.2, -0.15) is 0 Å². The van der Waals surface area contributed by atoms with Gasteiger partial charge in [0.05, 0.1) is 5.56 Å². The molecule has 0 unspecified atom stereocenters. The second-order valence-electron chi connectivity index (χ2n) is 5.39. The van der Waals surface area contributed by atoms with Crippen molar-refractivity contribution in [1.82, 2.24) is 9.97 Å². The van der Waals surface area contributed by atoms with Gasteiger partial charge in [0.1, 0.15) is 11.6 Å². The molecule has 0 amide bonds. The summed E-state index contributed by atoms with van der Waals surface area (Å²) in [6.45, 7) is 3.86. The van der Waals surface area contributed by atoms with Crippen LogP contribution in [0.5, 0.6) is 0 Å². The summed E-state index contributed by atoms with van der Waals surface area (Å²) < 4.78 is 0. The molecule has 3 rings (SSSR count). The molecule has 106 valence electrons. The molecule has 4 heteroatoms. The number of benzene rings is 2. The quantitative estimate of drug-likeness (QED) is 0.756. The van der Waals surface area contributed by atoms with Gasteiger partial charge >= 0.3 is 0 Å². The molecular weight excluding hydrogens is 262 g/mol. The van der Waals surface area contributed by atoms with E-state index in [0.717, 1.165) is 16.3 Å². The van der Waals surface area contributed by atoms with Crippen molar-refractivity contribution in [3.63, 3.8) is 0 Å². The van der Waals surface area contributed by atoms with Crippen LogP contribution in [0.4, 0.5) is 5.82 Å². The van der Waals surface area contributed by atoms with Crippen molar-refractivity contribution in [1.29, 1.82) is 0 Å². The highest BCUT2D eigenvalue weighted by Gasteiger charge is 2.14. The minimum atomic E-state index is -0.166. The molecule has 0 aliphatic rings. The van der Waals surface area contributed by atoms with Crippen molar-refractivity contribution in [3.05, 3.63) is 58.4 Å². The molecule has 0 radical (unpaired) electrons. The maximum Gasteiger partial charge on any atom is 0.256 e. The molecule has 21 heavy (non-hydrogen) atoms. The summed E-state index contributed by atoms with van der Waals surface area (Å²) in [4.78, 5) is 19.5. The van der Waals surface area contributed by atoms with Gasteiger partial charge in [-0.15, -0.1) is 0 Å². The van der Waals surface area contributed by atoms with Crippen LogP contribution >= 0.6 is 0 Å². The van der Waals surface area contributed by atoms with E-state index >= 15 is 0 Å². The van der Waals surface area contributed by atoms with Crippen LogP contribution in [0.3, 0.4) is 0 Å². The summed E-state index contributed by atoms with van der Waals surface area (Å²) in [6.07, 6.45) is 0. The van der Waals surface area contributed by atoms with Gasteiger partial charge in [-0.25, -0.2) is 4.98 Å². The summed E-state index contributed by atoms with van der Waals surface area (Å²) in [5.41, 5.74) is 7.23. The number of aromatic amines is 1. The Morgan fingerprint density at radius 1 is 1.10 bits per heavy atom. The first kappa shape index (κ1) is 13.4. The Morgan fingerprint density at radius 2 is 1.81 bits per heavy atom. The Morgan fingerprint density at radius 3 is 2.52 bits per heavy atom. The number of nitrogens with one attached hydrogen (secondary N) is 1. The van der Waals surface area contributed by atoms with E-state index in [1.807, 2.05) is 56.3 Å². The average molecular weight is 279 g/mol. The number of nitrogen functional groups attached to an aromatic ring is 1. The van der Waals surface area contributed by atoms with Gasteiger partial charge in [-0.3, -0.25) is 4.79 Å². The molecule has 0 aliphatic heterocycles. The first-order valence-corrected chi connectivity index (χ1v) is 6.95. The van der Waals surface area contributed by atoms with Crippen LogP contribution < -0.4 is 11.3 Å². The molecule has 4 nitrogen and oxygen atoms in total. The lowest BCUT2D eigenvalue weighted by Gasteiger charge is -2.11. The number of nitrogens with two attached hydrogens (primary N) is 1. The number of H-pyrrole nitrogens is 1. The van der Waals surface area contributed by atoms with Crippen molar-refractivity contribution in [3.8, 4) is 11.4 Å². The number of hydrogen-bond acceptors (Lipinski definition) is 3. The first-order valence-electron chi connectivity index (χ1n) is 6.95. The number of fused-ring (bicyclic) bond motifs is 1. The van der Waals surface area contributed by atoms with Gasteiger partial charge in [-0.05, 0) is 16.7 Å². The van der Waals surface area contributed by atoms with Crippen LogP contribution in [0.15, 0.2) is 47.3 Å². The smallest absolute Gasteiger partial charge is 0.256 e. The van der Waals surface area contributed by atoms with Crippen LogP contribution in [0, 0.1) is 0 Å². The van der Waals surface area contributed by atoms with E-state index < -0.39 is 0 Å². The van der Waals surface area contributed by atoms with E-state index in [9.17, 15) is 4.79 Å². The number of rotatable bonds is 2. The number of aromatic nitrogens is 2. The Balaban J connectivity index is 2.27. The molecule has 3 N–H and O–H groups in total. The molecule has 0 saturated carbocycles. The van der Waals surface area contributed by atoms with Gasteiger partial charge in [0.2, 0.25) is 0 Å². The van der Waals surface area contributed by atoms with E-state index in [-0.39, 0.29) is 11.5 Å². The maximum absolute atomic E-state index is 12.2. The molecule has 3 aromatic rings. The SMILES string of the molecule is CC(C)c1c(N)nc(-c2cccc3ccccc23)[nH]c1=O. The molecule has 0 bridgehead atoms. The summed E-state index contributed by atoms with van der Waals surface area (Å²) >= 11 is 0. The second-order valence-corrected chi connectivity index (χ2v) is 5.39. The number of anilines is 1. The zero-order valence-corrected chi connectivity index (χ0v) is 12.1. The molecule has 0 saturated heterocycles. The minimum absolute atomic E-state index is 0.0443. The van der Waals surface area contributed by atoms with E-state index in [0.29, 0.717) is 17.2 Å². The van der Waals surface area contributed by atoms with E-state index in [1.165, 1.54) is 0 Å². The average Bonchev–Trinajstić information content (AvgIpc) is 2.45. The Kier molecular flexibility index (Phi) is 3.22. The van der Waals surface area contributed by atoms with Gasteiger partial charge < -0.3 is 10.7 Å². The van der Waals surface area contributed by atoms with Crippen molar-refractivity contribution < 1.29 is 0 Å². The van der Waals surface area contributed by atoms with Crippen LogP contribution in [-0.4, -0.2) is 9.97 Å².